The van der Waals surface area contributed by atoms with Crippen molar-refractivity contribution in [2.75, 3.05) is 5.75 Å². The molecule has 0 saturated carbocycles. The topological polar surface area (TPSA) is 54.4 Å². The van der Waals surface area contributed by atoms with Gasteiger partial charge in [-0.25, -0.2) is 0 Å². The average Bonchev–Trinajstić information content (AvgIpc) is 2.42. The van der Waals surface area contributed by atoms with Crippen molar-refractivity contribution < 1.29 is 13.0 Å². The summed E-state index contributed by atoms with van der Waals surface area (Å²) in [4.78, 5) is 0. The van der Waals surface area contributed by atoms with Gasteiger partial charge in [-0.05, 0) is 19.3 Å². The van der Waals surface area contributed by atoms with Crippen molar-refractivity contribution in [3.05, 3.63) is 12.7 Å². The minimum Gasteiger partial charge on any atom is -0.286 e. The van der Waals surface area contributed by atoms with Crippen LogP contribution in [-0.4, -0.2) is 18.7 Å². The predicted molar refractivity (Wildman–Crippen MR) is 91.3 cm³/mol. The summed E-state index contributed by atoms with van der Waals surface area (Å²) >= 11 is 0. The number of hydrogen-bond acceptors (Lipinski definition) is 2. The minimum atomic E-state index is -3.75. The lowest BCUT2D eigenvalue weighted by atomic mass is 10.0. The molecule has 0 aromatic rings. The van der Waals surface area contributed by atoms with Crippen molar-refractivity contribution in [3.63, 3.8) is 0 Å². The summed E-state index contributed by atoms with van der Waals surface area (Å²) in [5, 5.41) is 0. The van der Waals surface area contributed by atoms with E-state index < -0.39 is 10.1 Å². The Morgan fingerprint density at radius 1 is 0.667 bits per heavy atom. The zero-order valence-corrected chi connectivity index (χ0v) is 14.4. The first kappa shape index (κ1) is 20.6. The maximum atomic E-state index is 10.5. The van der Waals surface area contributed by atoms with E-state index >= 15 is 0 Å². The average molecular weight is 319 g/mol. The maximum absolute atomic E-state index is 10.5. The van der Waals surface area contributed by atoms with Gasteiger partial charge in [-0.3, -0.25) is 4.55 Å². The van der Waals surface area contributed by atoms with Crippen LogP contribution in [0, 0.1) is 0 Å². The molecule has 0 aromatic heterocycles. The fourth-order valence-corrected chi connectivity index (χ4v) is 3.09. The van der Waals surface area contributed by atoms with Gasteiger partial charge in [-0.15, -0.1) is 6.58 Å². The summed E-state index contributed by atoms with van der Waals surface area (Å²) in [7, 11) is -3.75. The van der Waals surface area contributed by atoms with Gasteiger partial charge in [0.15, 0.2) is 0 Å². The first-order valence-electron chi connectivity index (χ1n) is 8.62. The van der Waals surface area contributed by atoms with E-state index in [1.165, 1.54) is 64.2 Å². The Morgan fingerprint density at radius 3 is 1.33 bits per heavy atom. The number of rotatable bonds is 16. The molecule has 0 radical (unpaired) electrons. The minimum absolute atomic E-state index is 0.0835. The third-order valence-corrected chi connectivity index (χ3v) is 4.62. The highest BCUT2D eigenvalue weighted by Gasteiger charge is 2.02. The molecule has 0 spiro atoms. The molecule has 3 nitrogen and oxygen atoms in total. The zero-order valence-electron chi connectivity index (χ0n) is 13.6. The maximum Gasteiger partial charge on any atom is 0.264 e. The Labute approximate surface area is 132 Å². The second kappa shape index (κ2) is 14.6. The van der Waals surface area contributed by atoms with Gasteiger partial charge >= 0.3 is 0 Å². The summed E-state index contributed by atoms with van der Waals surface area (Å²) in [6.45, 7) is 3.73. The van der Waals surface area contributed by atoms with Gasteiger partial charge < -0.3 is 0 Å². The van der Waals surface area contributed by atoms with Crippen molar-refractivity contribution in [3.8, 4) is 0 Å². The fourth-order valence-electron chi connectivity index (χ4n) is 2.52. The van der Waals surface area contributed by atoms with Gasteiger partial charge in [-0.1, -0.05) is 76.7 Å². The first-order chi connectivity index (χ1) is 10.1. The Bertz CT molecular complexity index is 323. The van der Waals surface area contributed by atoms with Gasteiger partial charge in [0, 0.05) is 0 Å². The zero-order chi connectivity index (χ0) is 15.8. The van der Waals surface area contributed by atoms with Crippen LogP contribution >= 0.6 is 0 Å². The number of hydrogen-bond donors (Lipinski definition) is 1. The SMILES string of the molecule is C=CCCCCCCCCCCCCCCCS(=O)(=O)O. The molecular weight excluding hydrogens is 284 g/mol. The highest BCUT2D eigenvalue weighted by atomic mass is 32.2. The molecule has 126 valence electrons. The quantitative estimate of drug-likeness (QED) is 0.231. The van der Waals surface area contributed by atoms with Crippen LogP contribution in [0.2, 0.25) is 0 Å². The Kier molecular flexibility index (Phi) is 14.3. The molecule has 0 atom stereocenters. The molecule has 0 heterocycles. The van der Waals surface area contributed by atoms with E-state index in [1.807, 2.05) is 6.08 Å². The smallest absolute Gasteiger partial charge is 0.264 e. The van der Waals surface area contributed by atoms with Crippen LogP contribution in [0.1, 0.15) is 89.9 Å². The van der Waals surface area contributed by atoms with Gasteiger partial charge in [0.25, 0.3) is 10.1 Å². The summed E-state index contributed by atoms with van der Waals surface area (Å²) in [5.41, 5.74) is 0. The van der Waals surface area contributed by atoms with Gasteiger partial charge in [-0.2, -0.15) is 8.42 Å². The molecule has 0 rings (SSSR count). The largest absolute Gasteiger partial charge is 0.286 e. The number of allylic oxidation sites excluding steroid dienone is 1. The van der Waals surface area contributed by atoms with Gasteiger partial charge in [0.2, 0.25) is 0 Å². The molecular formula is C17H34O3S. The fraction of sp³-hybridized carbons (Fsp3) is 0.882. The van der Waals surface area contributed by atoms with Crippen LogP contribution in [0.3, 0.4) is 0 Å². The van der Waals surface area contributed by atoms with E-state index in [0.717, 1.165) is 19.3 Å². The third kappa shape index (κ3) is 19.6. The molecule has 1 N–H and O–H groups in total. The molecule has 0 saturated heterocycles. The van der Waals surface area contributed by atoms with Crippen LogP contribution in [0.4, 0.5) is 0 Å². The van der Waals surface area contributed by atoms with Crippen molar-refractivity contribution in [1.82, 2.24) is 0 Å². The van der Waals surface area contributed by atoms with Gasteiger partial charge in [0.1, 0.15) is 0 Å². The van der Waals surface area contributed by atoms with Crippen LogP contribution in [0.25, 0.3) is 0 Å². The highest BCUT2D eigenvalue weighted by molar-refractivity contribution is 7.85. The van der Waals surface area contributed by atoms with Crippen LogP contribution in [0.15, 0.2) is 12.7 Å². The van der Waals surface area contributed by atoms with E-state index in [2.05, 4.69) is 6.58 Å². The summed E-state index contributed by atoms with van der Waals surface area (Å²) in [5.74, 6) is -0.0835. The third-order valence-electron chi connectivity index (χ3n) is 3.81. The summed E-state index contributed by atoms with van der Waals surface area (Å²) in [6.07, 6.45) is 18.9. The molecule has 0 aliphatic rings. The standard InChI is InChI=1S/C17H34O3S/c1-2-3-4-5-6-7-8-9-10-11-12-13-14-15-16-17-21(18,19)20/h2H,1,3-17H2,(H,18,19,20). The molecule has 0 aliphatic heterocycles. The predicted octanol–water partition coefficient (Wildman–Crippen LogP) is 5.52. The van der Waals surface area contributed by atoms with E-state index in [4.69, 9.17) is 4.55 Å². The van der Waals surface area contributed by atoms with E-state index in [-0.39, 0.29) is 5.75 Å². The second-order valence-electron chi connectivity index (χ2n) is 5.96. The van der Waals surface area contributed by atoms with Crippen molar-refractivity contribution in [1.29, 1.82) is 0 Å². The Balaban J connectivity index is 3.04. The summed E-state index contributed by atoms with van der Waals surface area (Å²) < 4.78 is 29.6. The molecule has 0 aromatic carbocycles. The highest BCUT2D eigenvalue weighted by Crippen LogP contribution is 2.13. The van der Waals surface area contributed by atoms with Crippen molar-refractivity contribution in [2.45, 2.75) is 89.9 Å². The summed E-state index contributed by atoms with van der Waals surface area (Å²) in [6, 6.07) is 0. The Hall–Kier alpha value is -0.350. The molecule has 0 amide bonds. The van der Waals surface area contributed by atoms with Crippen LogP contribution in [-0.2, 0) is 10.1 Å². The van der Waals surface area contributed by atoms with E-state index in [0.29, 0.717) is 6.42 Å². The monoisotopic (exact) mass is 318 g/mol. The van der Waals surface area contributed by atoms with Crippen molar-refractivity contribution >= 4 is 10.1 Å². The van der Waals surface area contributed by atoms with E-state index in [9.17, 15) is 8.42 Å². The molecule has 0 aliphatic carbocycles. The lowest BCUT2D eigenvalue weighted by Gasteiger charge is -2.03. The lowest BCUT2D eigenvalue weighted by molar-refractivity contribution is 0.478. The Morgan fingerprint density at radius 2 is 1.00 bits per heavy atom. The van der Waals surface area contributed by atoms with Crippen LogP contribution < -0.4 is 0 Å². The molecule has 0 bridgehead atoms. The molecule has 0 unspecified atom stereocenters. The van der Waals surface area contributed by atoms with Crippen LogP contribution in [0.5, 0.6) is 0 Å². The molecule has 0 fully saturated rings. The van der Waals surface area contributed by atoms with Crippen molar-refractivity contribution in [2.24, 2.45) is 0 Å². The number of unbranched alkanes of at least 4 members (excludes halogenated alkanes) is 13. The lowest BCUT2D eigenvalue weighted by Crippen LogP contribution is -2.03. The molecule has 21 heavy (non-hydrogen) atoms. The van der Waals surface area contributed by atoms with E-state index in [1.54, 1.807) is 0 Å². The normalized spacial score (nSPS) is 11.7. The van der Waals surface area contributed by atoms with Gasteiger partial charge in [0.05, 0.1) is 5.75 Å². The molecule has 4 heteroatoms. The second-order valence-corrected chi connectivity index (χ2v) is 7.53. The first-order valence-corrected chi connectivity index (χ1v) is 10.2.